The number of nitrogens with one attached hydrogen (secondary N) is 1. The van der Waals surface area contributed by atoms with Gasteiger partial charge >= 0.3 is 0 Å². The van der Waals surface area contributed by atoms with Crippen LogP contribution in [0.2, 0.25) is 0 Å². The Morgan fingerprint density at radius 3 is 2.57 bits per heavy atom. The van der Waals surface area contributed by atoms with Crippen LogP contribution in [0.4, 0.5) is 0 Å². The van der Waals surface area contributed by atoms with Crippen LogP contribution in [0.5, 0.6) is 5.75 Å². The summed E-state index contributed by atoms with van der Waals surface area (Å²) in [6, 6.07) is 7.89. The highest BCUT2D eigenvalue weighted by Gasteiger charge is 2.20. The molecule has 0 aromatic heterocycles. The second kappa shape index (κ2) is 8.64. The van der Waals surface area contributed by atoms with Gasteiger partial charge in [0.1, 0.15) is 11.9 Å². The first kappa shape index (κ1) is 17.5. The SMILES string of the molecule is CCO[C@@H](C)C(=O)NC[C@H](c1ccccc1OC)N(C)C. The molecule has 0 bridgehead atoms. The van der Waals surface area contributed by atoms with Crippen LogP contribution >= 0.6 is 0 Å². The van der Waals surface area contributed by atoms with Crippen molar-refractivity contribution in [1.82, 2.24) is 10.2 Å². The third-order valence-electron chi connectivity index (χ3n) is 3.38. The van der Waals surface area contributed by atoms with Crippen LogP contribution in [0.3, 0.4) is 0 Å². The molecule has 1 rings (SSSR count). The summed E-state index contributed by atoms with van der Waals surface area (Å²) in [6.07, 6.45) is -0.435. The van der Waals surface area contributed by atoms with Gasteiger partial charge in [0.05, 0.1) is 13.2 Å². The Kier molecular flexibility index (Phi) is 7.19. The summed E-state index contributed by atoms with van der Waals surface area (Å²) in [6.45, 7) is 4.66. The van der Waals surface area contributed by atoms with E-state index in [2.05, 4.69) is 10.2 Å². The molecule has 0 radical (unpaired) electrons. The number of hydrogen-bond donors (Lipinski definition) is 1. The van der Waals surface area contributed by atoms with Crippen LogP contribution in [0.15, 0.2) is 24.3 Å². The number of nitrogens with zero attached hydrogens (tertiary/aromatic N) is 1. The standard InChI is InChI=1S/C16H26N2O3/c1-6-21-12(2)16(19)17-11-14(18(3)4)13-9-7-8-10-15(13)20-5/h7-10,12,14H,6,11H2,1-5H3,(H,17,19)/t12-,14+/m0/s1. The number of amides is 1. The molecule has 0 aliphatic carbocycles. The molecule has 0 saturated heterocycles. The fourth-order valence-electron chi connectivity index (χ4n) is 2.18. The van der Waals surface area contributed by atoms with E-state index in [9.17, 15) is 4.79 Å². The van der Waals surface area contributed by atoms with E-state index in [0.717, 1.165) is 11.3 Å². The van der Waals surface area contributed by atoms with Crippen molar-refractivity contribution in [1.29, 1.82) is 0 Å². The largest absolute Gasteiger partial charge is 0.496 e. The zero-order valence-electron chi connectivity index (χ0n) is 13.6. The summed E-state index contributed by atoms with van der Waals surface area (Å²) in [4.78, 5) is 14.0. The van der Waals surface area contributed by atoms with E-state index in [1.165, 1.54) is 0 Å². The van der Waals surface area contributed by atoms with Crippen LogP contribution in [0.1, 0.15) is 25.5 Å². The maximum Gasteiger partial charge on any atom is 0.248 e. The van der Waals surface area contributed by atoms with E-state index in [4.69, 9.17) is 9.47 Å². The van der Waals surface area contributed by atoms with Gasteiger partial charge in [-0.05, 0) is 34.0 Å². The average molecular weight is 294 g/mol. The molecule has 0 spiro atoms. The maximum absolute atomic E-state index is 12.0. The smallest absolute Gasteiger partial charge is 0.248 e. The summed E-state index contributed by atoms with van der Waals surface area (Å²) in [5.74, 6) is 0.724. The minimum Gasteiger partial charge on any atom is -0.496 e. The van der Waals surface area contributed by atoms with Crippen molar-refractivity contribution in [3.8, 4) is 5.75 Å². The van der Waals surface area contributed by atoms with Gasteiger partial charge < -0.3 is 19.7 Å². The van der Waals surface area contributed by atoms with Crippen LogP contribution in [0, 0.1) is 0 Å². The number of rotatable bonds is 8. The Balaban J connectivity index is 2.77. The molecule has 1 N–H and O–H groups in total. The zero-order valence-corrected chi connectivity index (χ0v) is 13.6. The minimum atomic E-state index is -0.435. The number of methoxy groups -OCH3 is 1. The lowest BCUT2D eigenvalue weighted by Gasteiger charge is -2.27. The number of likely N-dealkylation sites (N-methyl/N-ethyl adjacent to an activating group) is 1. The lowest BCUT2D eigenvalue weighted by atomic mass is 10.0. The number of carbonyl (C=O) groups is 1. The molecule has 2 atom stereocenters. The number of carbonyl (C=O) groups excluding carboxylic acids is 1. The monoisotopic (exact) mass is 294 g/mol. The molecule has 0 aliphatic rings. The van der Waals surface area contributed by atoms with Crippen LogP contribution < -0.4 is 10.1 Å². The van der Waals surface area contributed by atoms with Crippen molar-refractivity contribution in [3.63, 3.8) is 0 Å². The van der Waals surface area contributed by atoms with Crippen molar-refractivity contribution >= 4 is 5.91 Å². The number of benzene rings is 1. The molecule has 0 unspecified atom stereocenters. The lowest BCUT2D eigenvalue weighted by molar-refractivity contribution is -0.131. The van der Waals surface area contributed by atoms with Crippen molar-refractivity contribution in [2.75, 3.05) is 34.4 Å². The van der Waals surface area contributed by atoms with Crippen molar-refractivity contribution in [2.24, 2.45) is 0 Å². The van der Waals surface area contributed by atoms with Gasteiger partial charge in [0.2, 0.25) is 5.91 Å². The Labute approximate surface area is 127 Å². The normalized spacial score (nSPS) is 13.8. The molecule has 118 valence electrons. The Morgan fingerprint density at radius 1 is 1.33 bits per heavy atom. The van der Waals surface area contributed by atoms with Crippen molar-refractivity contribution in [2.45, 2.75) is 26.0 Å². The van der Waals surface area contributed by atoms with Gasteiger partial charge in [0.25, 0.3) is 0 Å². The third kappa shape index (κ3) is 5.02. The first-order chi connectivity index (χ1) is 10.0. The quantitative estimate of drug-likeness (QED) is 0.795. The molecular weight excluding hydrogens is 268 g/mol. The van der Waals surface area contributed by atoms with Gasteiger partial charge in [-0.25, -0.2) is 0 Å². The fraction of sp³-hybridized carbons (Fsp3) is 0.562. The van der Waals surface area contributed by atoms with Gasteiger partial charge in [-0.1, -0.05) is 18.2 Å². The molecule has 5 heteroatoms. The summed E-state index contributed by atoms with van der Waals surface area (Å²) >= 11 is 0. The first-order valence-electron chi connectivity index (χ1n) is 7.19. The summed E-state index contributed by atoms with van der Waals surface area (Å²) in [5.41, 5.74) is 1.05. The van der Waals surface area contributed by atoms with E-state index in [-0.39, 0.29) is 11.9 Å². The first-order valence-corrected chi connectivity index (χ1v) is 7.19. The zero-order chi connectivity index (χ0) is 15.8. The van der Waals surface area contributed by atoms with E-state index in [1.807, 2.05) is 45.3 Å². The molecule has 0 fully saturated rings. The predicted molar refractivity (Wildman–Crippen MR) is 83.5 cm³/mol. The highest BCUT2D eigenvalue weighted by Crippen LogP contribution is 2.27. The predicted octanol–water partition coefficient (Wildman–Crippen LogP) is 1.84. The Bertz CT molecular complexity index is 449. The molecule has 0 aliphatic heterocycles. The van der Waals surface area contributed by atoms with Crippen molar-refractivity contribution < 1.29 is 14.3 Å². The van der Waals surface area contributed by atoms with E-state index in [1.54, 1.807) is 14.0 Å². The lowest BCUT2D eigenvalue weighted by Crippen LogP contribution is -2.40. The topological polar surface area (TPSA) is 50.8 Å². The molecule has 1 aromatic carbocycles. The van der Waals surface area contributed by atoms with E-state index < -0.39 is 6.10 Å². The van der Waals surface area contributed by atoms with Crippen molar-refractivity contribution in [3.05, 3.63) is 29.8 Å². The van der Waals surface area contributed by atoms with Gasteiger partial charge in [0.15, 0.2) is 0 Å². The molecule has 0 heterocycles. The van der Waals surface area contributed by atoms with Gasteiger partial charge in [-0.2, -0.15) is 0 Å². The van der Waals surface area contributed by atoms with Gasteiger partial charge in [0, 0.05) is 18.7 Å². The molecule has 5 nitrogen and oxygen atoms in total. The summed E-state index contributed by atoms with van der Waals surface area (Å²) in [5, 5.41) is 2.94. The summed E-state index contributed by atoms with van der Waals surface area (Å²) < 4.78 is 10.7. The summed E-state index contributed by atoms with van der Waals surface area (Å²) in [7, 11) is 5.62. The average Bonchev–Trinajstić information content (AvgIpc) is 2.47. The third-order valence-corrected chi connectivity index (χ3v) is 3.38. The van der Waals surface area contributed by atoms with E-state index >= 15 is 0 Å². The molecule has 1 amide bonds. The molecule has 0 saturated carbocycles. The number of ether oxygens (including phenoxy) is 2. The highest BCUT2D eigenvalue weighted by atomic mass is 16.5. The van der Waals surface area contributed by atoms with Crippen LogP contribution in [-0.2, 0) is 9.53 Å². The minimum absolute atomic E-state index is 0.0407. The van der Waals surface area contributed by atoms with E-state index in [0.29, 0.717) is 13.2 Å². The molecular formula is C16H26N2O3. The number of para-hydroxylation sites is 1. The molecule has 21 heavy (non-hydrogen) atoms. The molecule has 1 aromatic rings. The van der Waals surface area contributed by atoms with Gasteiger partial charge in [-0.15, -0.1) is 0 Å². The second-order valence-electron chi connectivity index (χ2n) is 5.06. The Hall–Kier alpha value is -1.59. The van der Waals surface area contributed by atoms with Gasteiger partial charge in [-0.3, -0.25) is 4.79 Å². The van der Waals surface area contributed by atoms with Crippen LogP contribution in [0.25, 0.3) is 0 Å². The second-order valence-corrected chi connectivity index (χ2v) is 5.06. The number of hydrogen-bond acceptors (Lipinski definition) is 4. The highest BCUT2D eigenvalue weighted by molar-refractivity contribution is 5.80. The fourth-order valence-corrected chi connectivity index (χ4v) is 2.18. The Morgan fingerprint density at radius 2 is 2.00 bits per heavy atom. The van der Waals surface area contributed by atoms with Crippen LogP contribution in [-0.4, -0.2) is 51.3 Å². The maximum atomic E-state index is 12.0.